The number of hydrogen-bond donors (Lipinski definition) is 2. The molecule has 0 aromatic carbocycles. The molecule has 0 aliphatic carbocycles. The molecule has 0 amide bonds. The van der Waals surface area contributed by atoms with Gasteiger partial charge >= 0.3 is 0 Å². The third kappa shape index (κ3) is 1.26. The number of ether oxygens (including phenoxy) is 1. The van der Waals surface area contributed by atoms with E-state index in [-0.39, 0.29) is 12.2 Å². The molecule has 4 heteroatoms. The highest BCUT2D eigenvalue weighted by Crippen LogP contribution is 2.23. The number of nitrogens with one attached hydrogen (secondary N) is 1. The Kier molecular flexibility index (Phi) is 1.93. The summed E-state index contributed by atoms with van der Waals surface area (Å²) in [5.41, 5.74) is 6.42. The van der Waals surface area contributed by atoms with E-state index in [1.54, 1.807) is 12.5 Å². The van der Waals surface area contributed by atoms with Gasteiger partial charge in [0.1, 0.15) is 6.10 Å². The maximum Gasteiger partial charge on any atom is 0.118 e. The molecule has 1 aliphatic heterocycles. The molecule has 0 fully saturated rings. The van der Waals surface area contributed by atoms with Crippen LogP contribution in [0.15, 0.2) is 24.7 Å². The molecule has 2 heterocycles. The summed E-state index contributed by atoms with van der Waals surface area (Å²) in [6.07, 6.45) is 7.42. The van der Waals surface area contributed by atoms with Crippen LogP contribution < -0.4 is 5.73 Å². The van der Waals surface area contributed by atoms with Crippen molar-refractivity contribution in [2.45, 2.75) is 12.2 Å². The van der Waals surface area contributed by atoms with Gasteiger partial charge in [-0.3, -0.25) is 0 Å². The van der Waals surface area contributed by atoms with E-state index in [0.717, 1.165) is 5.69 Å². The molecule has 2 atom stereocenters. The largest absolute Gasteiger partial charge is 0.359 e. The van der Waals surface area contributed by atoms with Gasteiger partial charge in [0, 0.05) is 6.54 Å². The van der Waals surface area contributed by atoms with E-state index in [2.05, 4.69) is 9.97 Å². The van der Waals surface area contributed by atoms with Gasteiger partial charge in [-0.05, 0) is 0 Å². The molecule has 0 spiro atoms. The van der Waals surface area contributed by atoms with Crippen molar-refractivity contribution < 1.29 is 4.74 Å². The average Bonchev–Trinajstić information content (AvgIpc) is 2.75. The van der Waals surface area contributed by atoms with Crippen LogP contribution in [0.25, 0.3) is 0 Å². The number of aromatic amines is 1. The molecule has 0 saturated heterocycles. The fourth-order valence-electron chi connectivity index (χ4n) is 1.24. The summed E-state index contributed by atoms with van der Waals surface area (Å²) in [5, 5.41) is 0. The molecule has 0 saturated carbocycles. The minimum atomic E-state index is 0.000972. The summed E-state index contributed by atoms with van der Waals surface area (Å²) in [7, 11) is 0. The molecule has 64 valence electrons. The van der Waals surface area contributed by atoms with Gasteiger partial charge in [0.2, 0.25) is 0 Å². The second-order valence-electron chi connectivity index (χ2n) is 2.72. The van der Waals surface area contributed by atoms with Crippen LogP contribution >= 0.6 is 0 Å². The van der Waals surface area contributed by atoms with Gasteiger partial charge in [-0.15, -0.1) is 0 Å². The summed E-state index contributed by atoms with van der Waals surface area (Å²) in [4.78, 5) is 6.91. The quantitative estimate of drug-likeness (QED) is 0.622. The monoisotopic (exact) mass is 165 g/mol. The van der Waals surface area contributed by atoms with Crippen LogP contribution in [-0.2, 0) is 4.74 Å². The fraction of sp³-hybridized carbons (Fsp3) is 0.375. The van der Waals surface area contributed by atoms with Gasteiger partial charge in [-0.25, -0.2) is 4.98 Å². The van der Waals surface area contributed by atoms with Crippen LogP contribution in [-0.4, -0.2) is 22.6 Å². The van der Waals surface area contributed by atoms with Crippen molar-refractivity contribution in [3.63, 3.8) is 0 Å². The van der Waals surface area contributed by atoms with Crippen molar-refractivity contribution in [2.75, 3.05) is 6.54 Å². The normalized spacial score (nSPS) is 28.1. The predicted octanol–water partition coefficient (Wildman–Crippen LogP) is 0.364. The number of nitrogens with zero attached hydrogens (tertiary/aromatic N) is 1. The zero-order valence-corrected chi connectivity index (χ0v) is 6.60. The lowest BCUT2D eigenvalue weighted by molar-refractivity contribution is 0.0635. The maximum atomic E-state index is 5.55. The number of nitrogens with two attached hydrogens (primary N) is 1. The van der Waals surface area contributed by atoms with Crippen LogP contribution in [0.2, 0.25) is 0 Å². The molecule has 12 heavy (non-hydrogen) atoms. The number of imidazole rings is 1. The highest BCUT2D eigenvalue weighted by atomic mass is 16.5. The second kappa shape index (κ2) is 3.08. The Balaban J connectivity index is 2.06. The van der Waals surface area contributed by atoms with Crippen molar-refractivity contribution >= 4 is 0 Å². The second-order valence-corrected chi connectivity index (χ2v) is 2.72. The minimum absolute atomic E-state index is 0.000972. The summed E-state index contributed by atoms with van der Waals surface area (Å²) >= 11 is 0. The fourth-order valence-corrected chi connectivity index (χ4v) is 1.24. The van der Waals surface area contributed by atoms with E-state index in [1.165, 1.54) is 0 Å². The molecular formula is C8H11N3O. The number of H-pyrrole nitrogens is 1. The zero-order valence-electron chi connectivity index (χ0n) is 6.60. The molecule has 4 nitrogen and oxygen atoms in total. The summed E-state index contributed by atoms with van der Waals surface area (Å²) in [6.45, 7) is 0.529. The zero-order chi connectivity index (χ0) is 8.39. The van der Waals surface area contributed by atoms with E-state index in [9.17, 15) is 0 Å². The number of aromatic nitrogens is 2. The van der Waals surface area contributed by atoms with E-state index in [0.29, 0.717) is 6.54 Å². The molecule has 0 unspecified atom stereocenters. The van der Waals surface area contributed by atoms with Crippen molar-refractivity contribution in [1.29, 1.82) is 0 Å². The number of rotatable bonds is 2. The smallest absolute Gasteiger partial charge is 0.118 e. The Morgan fingerprint density at radius 1 is 1.58 bits per heavy atom. The van der Waals surface area contributed by atoms with Crippen LogP contribution in [0.3, 0.4) is 0 Å². The highest BCUT2D eigenvalue weighted by Gasteiger charge is 2.19. The molecule has 0 radical (unpaired) electrons. The molecule has 0 bridgehead atoms. The molecule has 1 aliphatic rings. The van der Waals surface area contributed by atoms with Gasteiger partial charge < -0.3 is 15.5 Å². The lowest BCUT2D eigenvalue weighted by atomic mass is 10.3. The molecule has 2 rings (SSSR count). The SMILES string of the molecule is NC[C@H]1C=C[C@H](c2cnc[nH]2)O1. The van der Waals surface area contributed by atoms with Crippen molar-refractivity contribution in [3.8, 4) is 0 Å². The lowest BCUT2D eigenvalue weighted by Crippen LogP contribution is -2.18. The Hall–Kier alpha value is -1.13. The van der Waals surface area contributed by atoms with Crippen molar-refractivity contribution in [1.82, 2.24) is 9.97 Å². The topological polar surface area (TPSA) is 63.9 Å². The van der Waals surface area contributed by atoms with Crippen molar-refractivity contribution in [3.05, 3.63) is 30.4 Å². The maximum absolute atomic E-state index is 5.55. The van der Waals surface area contributed by atoms with E-state index >= 15 is 0 Å². The summed E-state index contributed by atoms with van der Waals surface area (Å²) in [5.74, 6) is 0. The predicted molar refractivity (Wildman–Crippen MR) is 44.4 cm³/mol. The summed E-state index contributed by atoms with van der Waals surface area (Å²) < 4.78 is 5.55. The summed E-state index contributed by atoms with van der Waals surface area (Å²) in [6, 6.07) is 0. The first-order valence-corrected chi connectivity index (χ1v) is 3.92. The molecule has 3 N–H and O–H groups in total. The van der Waals surface area contributed by atoms with Crippen LogP contribution in [0.5, 0.6) is 0 Å². The first-order valence-electron chi connectivity index (χ1n) is 3.92. The van der Waals surface area contributed by atoms with Crippen LogP contribution in [0, 0.1) is 0 Å². The van der Waals surface area contributed by atoms with Gasteiger partial charge in [0.15, 0.2) is 0 Å². The average molecular weight is 165 g/mol. The molecular weight excluding hydrogens is 154 g/mol. The third-order valence-corrected chi connectivity index (χ3v) is 1.88. The lowest BCUT2D eigenvalue weighted by Gasteiger charge is -2.10. The van der Waals surface area contributed by atoms with Gasteiger partial charge in [-0.1, -0.05) is 12.2 Å². The van der Waals surface area contributed by atoms with Crippen LogP contribution in [0.1, 0.15) is 11.8 Å². The van der Waals surface area contributed by atoms with Gasteiger partial charge in [0.25, 0.3) is 0 Å². The third-order valence-electron chi connectivity index (χ3n) is 1.88. The van der Waals surface area contributed by atoms with E-state index in [4.69, 9.17) is 10.5 Å². The Morgan fingerprint density at radius 2 is 2.50 bits per heavy atom. The minimum Gasteiger partial charge on any atom is -0.359 e. The highest BCUT2D eigenvalue weighted by molar-refractivity contribution is 5.13. The first-order chi connectivity index (χ1) is 5.90. The van der Waals surface area contributed by atoms with Crippen LogP contribution in [0.4, 0.5) is 0 Å². The standard InChI is InChI=1S/C8H11N3O/c9-3-6-1-2-8(12-6)7-4-10-5-11-7/h1-2,4-6,8H,3,9H2,(H,10,11)/t6-,8-/m1/s1. The molecule has 1 aromatic rings. The first kappa shape index (κ1) is 7.52. The van der Waals surface area contributed by atoms with E-state index < -0.39 is 0 Å². The molecule has 1 aromatic heterocycles. The Labute approximate surface area is 70.4 Å². The van der Waals surface area contributed by atoms with Crippen molar-refractivity contribution in [2.24, 2.45) is 5.73 Å². The van der Waals surface area contributed by atoms with E-state index in [1.807, 2.05) is 12.2 Å². The Morgan fingerprint density at radius 3 is 3.08 bits per heavy atom. The Bertz CT molecular complexity index is 268. The van der Waals surface area contributed by atoms with Gasteiger partial charge in [0.05, 0.1) is 24.3 Å². The van der Waals surface area contributed by atoms with Gasteiger partial charge in [-0.2, -0.15) is 0 Å². The number of hydrogen-bond acceptors (Lipinski definition) is 3.